The third-order valence-corrected chi connectivity index (χ3v) is 2.71. The van der Waals surface area contributed by atoms with E-state index in [0.717, 1.165) is 12.1 Å². The predicted octanol–water partition coefficient (Wildman–Crippen LogP) is -0.831. The van der Waals surface area contributed by atoms with E-state index in [9.17, 15) is 20.4 Å². The van der Waals surface area contributed by atoms with Gasteiger partial charge in [-0.15, -0.1) is 0 Å². The van der Waals surface area contributed by atoms with Gasteiger partial charge in [-0.1, -0.05) is 0 Å². The highest BCUT2D eigenvalue weighted by molar-refractivity contribution is 5.51. The molecule has 6 nitrogen and oxygen atoms in total. The maximum atomic E-state index is 9.63. The first-order valence-electron chi connectivity index (χ1n) is 4.85. The number of aliphatic hydroxyl groups is 2. The number of rotatable bonds is 1. The van der Waals surface area contributed by atoms with Crippen LogP contribution in [0.5, 0.6) is 17.2 Å². The van der Waals surface area contributed by atoms with Gasteiger partial charge in [0.25, 0.3) is 0 Å². The molecule has 6 N–H and O–H groups in total. The quantitative estimate of drug-likeness (QED) is 0.373. The molecule has 0 radical (unpaired) electrons. The van der Waals surface area contributed by atoms with Crippen molar-refractivity contribution in [2.45, 2.75) is 18.2 Å². The van der Waals surface area contributed by atoms with Crippen molar-refractivity contribution in [1.29, 1.82) is 0 Å². The molecule has 1 aliphatic heterocycles. The van der Waals surface area contributed by atoms with Crippen molar-refractivity contribution in [3.63, 3.8) is 0 Å². The molecule has 88 valence electrons. The third kappa shape index (κ3) is 1.67. The van der Waals surface area contributed by atoms with Gasteiger partial charge in [0.05, 0.1) is 17.7 Å². The number of phenolic OH excluding ortho intramolecular Hbond substituents is 3. The fourth-order valence-electron chi connectivity index (χ4n) is 1.91. The zero-order chi connectivity index (χ0) is 11.9. The van der Waals surface area contributed by atoms with E-state index in [0.29, 0.717) is 0 Å². The van der Waals surface area contributed by atoms with E-state index in [4.69, 9.17) is 5.11 Å². The number of aromatic hydroxyl groups is 3. The van der Waals surface area contributed by atoms with Crippen molar-refractivity contribution in [1.82, 2.24) is 5.32 Å². The summed E-state index contributed by atoms with van der Waals surface area (Å²) in [6.45, 7) is 0.172. The van der Waals surface area contributed by atoms with Crippen LogP contribution in [0.4, 0.5) is 0 Å². The van der Waals surface area contributed by atoms with Crippen LogP contribution < -0.4 is 5.32 Å². The van der Waals surface area contributed by atoms with Gasteiger partial charge in [0.1, 0.15) is 23.4 Å². The summed E-state index contributed by atoms with van der Waals surface area (Å²) in [5.74, 6) is -0.932. The molecule has 1 fully saturated rings. The second-order valence-electron chi connectivity index (χ2n) is 3.84. The largest absolute Gasteiger partial charge is 0.508 e. The van der Waals surface area contributed by atoms with Crippen molar-refractivity contribution >= 4 is 0 Å². The molecule has 0 aliphatic carbocycles. The van der Waals surface area contributed by atoms with Gasteiger partial charge in [-0.05, 0) is 0 Å². The molecule has 0 spiro atoms. The number of hydrogen-bond acceptors (Lipinski definition) is 6. The number of β-amino-alcohol motifs (C(OH)–C–C–N with tert-alkyl or cyclic N) is 1. The van der Waals surface area contributed by atoms with Crippen LogP contribution in [-0.2, 0) is 0 Å². The summed E-state index contributed by atoms with van der Waals surface area (Å²) < 4.78 is 0. The van der Waals surface area contributed by atoms with Crippen molar-refractivity contribution < 1.29 is 25.5 Å². The van der Waals surface area contributed by atoms with Crippen LogP contribution in [0.2, 0.25) is 0 Å². The summed E-state index contributed by atoms with van der Waals surface area (Å²) in [5, 5.41) is 50.0. The van der Waals surface area contributed by atoms with Gasteiger partial charge < -0.3 is 30.8 Å². The monoisotopic (exact) mass is 227 g/mol. The van der Waals surface area contributed by atoms with E-state index in [1.165, 1.54) is 0 Å². The molecule has 1 heterocycles. The maximum absolute atomic E-state index is 9.63. The molecule has 6 heteroatoms. The first-order chi connectivity index (χ1) is 7.50. The molecule has 0 amide bonds. The average Bonchev–Trinajstić information content (AvgIpc) is 2.48. The number of aliphatic hydroxyl groups excluding tert-OH is 2. The number of nitrogens with one attached hydrogen (secondary N) is 1. The van der Waals surface area contributed by atoms with Gasteiger partial charge in [-0.3, -0.25) is 0 Å². The minimum absolute atomic E-state index is 0.0712. The Morgan fingerprint density at radius 1 is 1.06 bits per heavy atom. The smallest absolute Gasteiger partial charge is 0.127 e. The molecule has 0 aromatic heterocycles. The highest BCUT2D eigenvalue weighted by Gasteiger charge is 2.37. The molecule has 1 saturated heterocycles. The fraction of sp³-hybridized carbons (Fsp3) is 0.400. The summed E-state index contributed by atoms with van der Waals surface area (Å²) in [6.07, 6.45) is -2.06. The Bertz CT molecular complexity index is 385. The SMILES string of the molecule is Oc1cc(O)c([C@@H]2NC[C@H](O)[C@H]2O)c(O)c1. The van der Waals surface area contributed by atoms with E-state index in [-0.39, 0.29) is 29.4 Å². The predicted molar refractivity (Wildman–Crippen MR) is 54.2 cm³/mol. The van der Waals surface area contributed by atoms with Crippen LogP contribution in [0.3, 0.4) is 0 Å². The maximum Gasteiger partial charge on any atom is 0.127 e. The van der Waals surface area contributed by atoms with Gasteiger partial charge in [0.2, 0.25) is 0 Å². The molecule has 0 bridgehead atoms. The molecular weight excluding hydrogens is 214 g/mol. The Morgan fingerprint density at radius 3 is 2.06 bits per heavy atom. The highest BCUT2D eigenvalue weighted by atomic mass is 16.3. The van der Waals surface area contributed by atoms with Crippen LogP contribution in [-0.4, -0.2) is 44.3 Å². The van der Waals surface area contributed by atoms with Gasteiger partial charge in [-0.25, -0.2) is 0 Å². The Balaban J connectivity index is 2.41. The van der Waals surface area contributed by atoms with E-state index in [1.807, 2.05) is 0 Å². The number of phenols is 3. The molecule has 3 atom stereocenters. The van der Waals surface area contributed by atoms with Crippen LogP contribution in [0, 0.1) is 0 Å². The van der Waals surface area contributed by atoms with Crippen molar-refractivity contribution in [2.24, 2.45) is 0 Å². The Morgan fingerprint density at radius 2 is 1.62 bits per heavy atom. The average molecular weight is 227 g/mol. The van der Waals surface area contributed by atoms with Crippen molar-refractivity contribution in [3.05, 3.63) is 17.7 Å². The van der Waals surface area contributed by atoms with Crippen LogP contribution in [0.1, 0.15) is 11.6 Å². The second-order valence-corrected chi connectivity index (χ2v) is 3.84. The van der Waals surface area contributed by atoms with Crippen molar-refractivity contribution in [2.75, 3.05) is 6.54 Å². The zero-order valence-corrected chi connectivity index (χ0v) is 8.33. The van der Waals surface area contributed by atoms with E-state index < -0.39 is 18.2 Å². The minimum atomic E-state index is -1.11. The first kappa shape index (κ1) is 11.0. The lowest BCUT2D eigenvalue weighted by Crippen LogP contribution is -2.25. The lowest BCUT2D eigenvalue weighted by Gasteiger charge is -2.18. The first-order valence-corrected chi connectivity index (χ1v) is 4.85. The molecule has 2 rings (SSSR count). The summed E-state index contributed by atoms with van der Waals surface area (Å²) in [5.41, 5.74) is 0.0712. The number of hydrogen-bond donors (Lipinski definition) is 6. The topological polar surface area (TPSA) is 113 Å². The summed E-state index contributed by atoms with van der Waals surface area (Å²) in [7, 11) is 0. The van der Waals surface area contributed by atoms with Gasteiger partial charge in [0.15, 0.2) is 0 Å². The van der Waals surface area contributed by atoms with Crippen LogP contribution >= 0.6 is 0 Å². The minimum Gasteiger partial charge on any atom is -0.508 e. The molecular formula is C10H13NO5. The molecule has 1 aliphatic rings. The standard InChI is InChI=1S/C10H13NO5/c12-4-1-5(13)8(6(14)2-4)9-10(16)7(15)3-11-9/h1-2,7,9-16H,3H2/t7-,9-,10+/m0/s1. The van der Waals surface area contributed by atoms with Crippen LogP contribution in [0.15, 0.2) is 12.1 Å². The van der Waals surface area contributed by atoms with Gasteiger partial charge in [0, 0.05) is 18.7 Å². The zero-order valence-electron chi connectivity index (χ0n) is 8.33. The lowest BCUT2D eigenvalue weighted by molar-refractivity contribution is 0.0397. The summed E-state index contributed by atoms with van der Waals surface area (Å²) >= 11 is 0. The second kappa shape index (κ2) is 3.82. The van der Waals surface area contributed by atoms with Crippen molar-refractivity contribution in [3.8, 4) is 17.2 Å². The molecule has 1 aromatic carbocycles. The van der Waals surface area contributed by atoms with E-state index in [1.54, 1.807) is 0 Å². The van der Waals surface area contributed by atoms with E-state index >= 15 is 0 Å². The molecule has 1 aromatic rings. The Labute approximate surface area is 91.4 Å². The lowest BCUT2D eigenvalue weighted by atomic mass is 9.99. The molecule has 16 heavy (non-hydrogen) atoms. The van der Waals surface area contributed by atoms with Gasteiger partial charge >= 0.3 is 0 Å². The fourth-order valence-corrected chi connectivity index (χ4v) is 1.91. The normalized spacial score (nSPS) is 29.5. The third-order valence-electron chi connectivity index (χ3n) is 2.71. The Hall–Kier alpha value is -1.50. The Kier molecular flexibility index (Phi) is 2.63. The van der Waals surface area contributed by atoms with Gasteiger partial charge in [-0.2, -0.15) is 0 Å². The van der Waals surface area contributed by atoms with E-state index in [2.05, 4.69) is 5.32 Å². The van der Waals surface area contributed by atoms with Crippen LogP contribution in [0.25, 0.3) is 0 Å². The number of benzene rings is 1. The summed E-state index contributed by atoms with van der Waals surface area (Å²) in [4.78, 5) is 0. The highest BCUT2D eigenvalue weighted by Crippen LogP contribution is 2.39. The molecule has 0 saturated carbocycles. The summed E-state index contributed by atoms with van der Waals surface area (Å²) in [6, 6.07) is 1.37. The molecule has 0 unspecified atom stereocenters.